The van der Waals surface area contributed by atoms with Crippen LogP contribution in [0.25, 0.3) is 0 Å². The van der Waals surface area contributed by atoms with Crippen molar-refractivity contribution >= 4 is 0 Å². The summed E-state index contributed by atoms with van der Waals surface area (Å²) in [5, 5.41) is 0. The zero-order chi connectivity index (χ0) is 14.7. The monoisotopic (exact) mass is 275 g/mol. The number of rotatable bonds is 5. The number of ether oxygens (including phenoxy) is 1. The zero-order valence-electron chi connectivity index (χ0n) is 11.4. The lowest BCUT2D eigenvalue weighted by Gasteiger charge is -2.36. The summed E-state index contributed by atoms with van der Waals surface area (Å²) in [7, 11) is 1.54. The van der Waals surface area contributed by atoms with Gasteiger partial charge in [0, 0.05) is 7.11 Å². The number of hydrogen-bond donors (Lipinski definition) is 1. The number of alkyl halides is 3. The molecule has 0 radical (unpaired) electrons. The minimum absolute atomic E-state index is 0.445. The molecular weight excluding hydrogens is 255 g/mol. The molecule has 1 atom stereocenters. The van der Waals surface area contributed by atoms with Crippen molar-refractivity contribution in [3.8, 4) is 0 Å². The minimum Gasteiger partial charge on any atom is -0.376 e. The smallest absolute Gasteiger partial charge is 0.376 e. The molecule has 0 aliphatic rings. The molecule has 0 heterocycles. The van der Waals surface area contributed by atoms with Crippen LogP contribution in [0.2, 0.25) is 0 Å². The van der Waals surface area contributed by atoms with E-state index in [9.17, 15) is 13.2 Å². The first-order valence-electron chi connectivity index (χ1n) is 6.28. The summed E-state index contributed by atoms with van der Waals surface area (Å²) in [4.78, 5) is 0. The molecule has 0 saturated carbocycles. The van der Waals surface area contributed by atoms with Gasteiger partial charge in [0.05, 0.1) is 17.2 Å². The second-order valence-corrected chi connectivity index (χ2v) is 4.58. The SMILES string of the molecule is CCC(CC)(OC)C(N)c1cccc(C(F)(F)F)c1. The quantitative estimate of drug-likeness (QED) is 0.884. The summed E-state index contributed by atoms with van der Waals surface area (Å²) in [6.07, 6.45) is -3.08. The molecule has 5 heteroatoms. The summed E-state index contributed by atoms with van der Waals surface area (Å²) in [5.41, 5.74) is 5.25. The maximum Gasteiger partial charge on any atom is 0.416 e. The lowest BCUT2D eigenvalue weighted by atomic mass is 9.84. The number of hydrogen-bond acceptors (Lipinski definition) is 2. The van der Waals surface area contributed by atoms with E-state index in [-0.39, 0.29) is 0 Å². The van der Waals surface area contributed by atoms with Crippen molar-refractivity contribution in [2.24, 2.45) is 5.73 Å². The van der Waals surface area contributed by atoms with Crippen molar-refractivity contribution in [3.63, 3.8) is 0 Å². The van der Waals surface area contributed by atoms with Crippen LogP contribution in [0.4, 0.5) is 13.2 Å². The zero-order valence-corrected chi connectivity index (χ0v) is 11.4. The van der Waals surface area contributed by atoms with Gasteiger partial charge >= 0.3 is 6.18 Å². The van der Waals surface area contributed by atoms with Crippen LogP contribution in [0.5, 0.6) is 0 Å². The summed E-state index contributed by atoms with van der Waals surface area (Å²) < 4.78 is 43.6. The number of methoxy groups -OCH3 is 1. The van der Waals surface area contributed by atoms with Crippen LogP contribution < -0.4 is 5.73 Å². The molecule has 0 aliphatic heterocycles. The third-order valence-electron chi connectivity index (χ3n) is 3.74. The van der Waals surface area contributed by atoms with Crippen molar-refractivity contribution in [2.45, 2.75) is 44.5 Å². The van der Waals surface area contributed by atoms with E-state index in [1.807, 2.05) is 13.8 Å². The molecule has 1 unspecified atom stereocenters. The molecule has 2 N–H and O–H groups in total. The molecule has 108 valence electrons. The topological polar surface area (TPSA) is 35.2 Å². The van der Waals surface area contributed by atoms with Gasteiger partial charge in [-0.05, 0) is 30.5 Å². The van der Waals surface area contributed by atoms with E-state index in [4.69, 9.17) is 10.5 Å². The molecule has 0 amide bonds. The Hall–Kier alpha value is -1.07. The third kappa shape index (κ3) is 3.28. The molecule has 0 aliphatic carbocycles. The van der Waals surface area contributed by atoms with Gasteiger partial charge in [0.1, 0.15) is 0 Å². The predicted octanol–water partition coefficient (Wildman–Crippen LogP) is 3.91. The van der Waals surface area contributed by atoms with Gasteiger partial charge in [0.2, 0.25) is 0 Å². The standard InChI is InChI=1S/C14H20F3NO/c1-4-13(5-2,19-3)12(18)10-7-6-8-11(9-10)14(15,16)17/h6-9,12H,4-5,18H2,1-3H3. The van der Waals surface area contributed by atoms with Gasteiger partial charge in [-0.25, -0.2) is 0 Å². The Labute approximate surface area is 111 Å². The first-order valence-corrected chi connectivity index (χ1v) is 6.28. The maximum absolute atomic E-state index is 12.7. The molecule has 0 aromatic heterocycles. The van der Waals surface area contributed by atoms with Gasteiger partial charge < -0.3 is 10.5 Å². The van der Waals surface area contributed by atoms with E-state index >= 15 is 0 Å². The second-order valence-electron chi connectivity index (χ2n) is 4.58. The molecule has 1 aromatic rings. The van der Waals surface area contributed by atoms with Crippen LogP contribution >= 0.6 is 0 Å². The van der Waals surface area contributed by atoms with Crippen molar-refractivity contribution in [1.29, 1.82) is 0 Å². The Balaban J connectivity index is 3.16. The molecule has 1 aromatic carbocycles. The van der Waals surface area contributed by atoms with Gasteiger partial charge in [-0.3, -0.25) is 0 Å². The number of nitrogens with two attached hydrogens (primary N) is 1. The Kier molecular flexibility index (Phi) is 4.98. The van der Waals surface area contributed by atoms with Crippen LogP contribution in [0.1, 0.15) is 43.9 Å². The highest BCUT2D eigenvalue weighted by molar-refractivity contribution is 5.29. The van der Waals surface area contributed by atoms with E-state index in [2.05, 4.69) is 0 Å². The lowest BCUT2D eigenvalue weighted by Crippen LogP contribution is -2.42. The maximum atomic E-state index is 12.7. The van der Waals surface area contributed by atoms with E-state index < -0.39 is 23.4 Å². The fourth-order valence-electron chi connectivity index (χ4n) is 2.32. The lowest BCUT2D eigenvalue weighted by molar-refractivity contribution is -0.137. The van der Waals surface area contributed by atoms with Crippen LogP contribution in [0.15, 0.2) is 24.3 Å². The highest BCUT2D eigenvalue weighted by atomic mass is 19.4. The van der Waals surface area contributed by atoms with E-state index in [0.717, 1.165) is 12.1 Å². The van der Waals surface area contributed by atoms with Crippen LogP contribution in [-0.2, 0) is 10.9 Å². The first-order chi connectivity index (χ1) is 8.80. The first kappa shape index (κ1) is 16.0. The predicted molar refractivity (Wildman–Crippen MR) is 68.7 cm³/mol. The molecule has 19 heavy (non-hydrogen) atoms. The van der Waals surface area contributed by atoms with Gasteiger partial charge in [0.15, 0.2) is 0 Å². The van der Waals surface area contributed by atoms with Crippen molar-refractivity contribution < 1.29 is 17.9 Å². The largest absolute Gasteiger partial charge is 0.416 e. The highest BCUT2D eigenvalue weighted by Crippen LogP contribution is 2.36. The summed E-state index contributed by atoms with van der Waals surface area (Å²) >= 11 is 0. The van der Waals surface area contributed by atoms with Crippen molar-refractivity contribution in [1.82, 2.24) is 0 Å². The van der Waals surface area contributed by atoms with Crippen molar-refractivity contribution in [2.75, 3.05) is 7.11 Å². The van der Waals surface area contributed by atoms with Crippen LogP contribution in [-0.4, -0.2) is 12.7 Å². The van der Waals surface area contributed by atoms with E-state index in [1.165, 1.54) is 6.07 Å². The number of halogens is 3. The Morgan fingerprint density at radius 1 is 1.21 bits per heavy atom. The number of benzene rings is 1. The second kappa shape index (κ2) is 5.92. The van der Waals surface area contributed by atoms with E-state index in [1.54, 1.807) is 13.2 Å². The molecule has 0 bridgehead atoms. The molecule has 2 nitrogen and oxygen atoms in total. The minimum atomic E-state index is -4.36. The summed E-state index contributed by atoms with van der Waals surface area (Å²) in [6.45, 7) is 3.83. The highest BCUT2D eigenvalue weighted by Gasteiger charge is 2.36. The summed E-state index contributed by atoms with van der Waals surface area (Å²) in [5.74, 6) is 0. The van der Waals surface area contributed by atoms with Crippen LogP contribution in [0.3, 0.4) is 0 Å². The third-order valence-corrected chi connectivity index (χ3v) is 3.74. The normalized spacial score (nSPS) is 14.5. The average molecular weight is 275 g/mol. The van der Waals surface area contributed by atoms with E-state index in [0.29, 0.717) is 18.4 Å². The van der Waals surface area contributed by atoms with Crippen LogP contribution in [0, 0.1) is 0 Å². The molecule has 1 rings (SSSR count). The Morgan fingerprint density at radius 2 is 1.79 bits per heavy atom. The summed E-state index contributed by atoms with van der Waals surface area (Å²) in [6, 6.07) is 4.55. The Morgan fingerprint density at radius 3 is 2.21 bits per heavy atom. The van der Waals surface area contributed by atoms with Gasteiger partial charge in [-0.15, -0.1) is 0 Å². The molecule has 0 saturated heterocycles. The fraction of sp³-hybridized carbons (Fsp3) is 0.571. The molecular formula is C14H20F3NO. The molecule has 0 fully saturated rings. The fourth-order valence-corrected chi connectivity index (χ4v) is 2.32. The van der Waals surface area contributed by atoms with Gasteiger partial charge in [-0.1, -0.05) is 26.0 Å². The Bertz CT molecular complexity index is 405. The van der Waals surface area contributed by atoms with Gasteiger partial charge in [-0.2, -0.15) is 13.2 Å². The average Bonchev–Trinajstić information content (AvgIpc) is 2.40. The van der Waals surface area contributed by atoms with Crippen molar-refractivity contribution in [3.05, 3.63) is 35.4 Å². The van der Waals surface area contributed by atoms with Gasteiger partial charge in [0.25, 0.3) is 0 Å². The molecule has 0 spiro atoms.